The number of hydrogen-bond donors (Lipinski definition) is 3. The Balaban J connectivity index is 0.000000187. The number of anilines is 2. The summed E-state index contributed by atoms with van der Waals surface area (Å²) >= 11 is 14.8. The number of aliphatic hydroxyl groups excluding tert-OH is 1. The average Bonchev–Trinajstić information content (AvgIpc) is 4.05. The average molecular weight is 830 g/mol. The van der Waals surface area contributed by atoms with Gasteiger partial charge in [-0.1, -0.05) is 27.2 Å². The number of halogens is 2. The van der Waals surface area contributed by atoms with Crippen molar-refractivity contribution in [3.8, 4) is 0 Å². The van der Waals surface area contributed by atoms with Crippen molar-refractivity contribution in [2.24, 2.45) is 23.7 Å². The van der Waals surface area contributed by atoms with Gasteiger partial charge in [-0.25, -0.2) is 19.9 Å². The van der Waals surface area contributed by atoms with Crippen LogP contribution in [0.15, 0.2) is 37.2 Å². The van der Waals surface area contributed by atoms with Crippen LogP contribution in [-0.4, -0.2) is 68.5 Å². The highest BCUT2D eigenvalue weighted by molar-refractivity contribution is 7.14. The minimum absolute atomic E-state index is 0.0364. The van der Waals surface area contributed by atoms with Crippen LogP contribution in [0.4, 0.5) is 11.6 Å². The maximum absolute atomic E-state index is 13.0. The van der Waals surface area contributed by atoms with Crippen LogP contribution in [0.1, 0.15) is 117 Å². The summed E-state index contributed by atoms with van der Waals surface area (Å²) in [6.45, 7) is 12.9. The van der Waals surface area contributed by atoms with E-state index in [0.717, 1.165) is 65.7 Å². The van der Waals surface area contributed by atoms with Crippen LogP contribution in [0.25, 0.3) is 0 Å². The second kappa shape index (κ2) is 21.0. The number of aryl methyl sites for hydroxylation is 2. The molecule has 3 aliphatic rings. The molecule has 0 radical (unpaired) electrons. The van der Waals surface area contributed by atoms with Crippen LogP contribution < -0.4 is 10.6 Å². The molecule has 4 aromatic rings. The lowest BCUT2D eigenvalue weighted by atomic mass is 9.96. The van der Waals surface area contributed by atoms with Crippen LogP contribution >= 0.6 is 45.9 Å². The molecule has 4 aromatic heterocycles. The molecule has 1 aliphatic heterocycles. The Bertz CT molecular complexity index is 1730. The molecule has 2 saturated carbocycles. The van der Waals surface area contributed by atoms with Crippen LogP contribution in [0.3, 0.4) is 0 Å². The number of nitrogens with zero attached hydrogens (tertiary/aromatic N) is 4. The fourth-order valence-corrected chi connectivity index (χ4v) is 10.3. The summed E-state index contributed by atoms with van der Waals surface area (Å²) in [6.07, 6.45) is 14.0. The van der Waals surface area contributed by atoms with Crippen LogP contribution in [-0.2, 0) is 16.5 Å². The summed E-state index contributed by atoms with van der Waals surface area (Å²) in [5.41, 5.74) is 3.01. The number of ketones is 2. The molecule has 3 fully saturated rings. The lowest BCUT2D eigenvalue weighted by Crippen LogP contribution is -2.19. The number of alkyl halides is 2. The topological polar surface area (TPSA) is 139 Å². The molecule has 14 heteroatoms. The summed E-state index contributed by atoms with van der Waals surface area (Å²) in [6, 6.07) is 4.31. The predicted octanol–water partition coefficient (Wildman–Crippen LogP) is 9.48. The molecule has 298 valence electrons. The first-order chi connectivity index (χ1) is 26.6. The molecule has 0 amide bonds. The zero-order valence-corrected chi connectivity index (χ0v) is 35.6. The van der Waals surface area contributed by atoms with E-state index in [1.165, 1.54) is 54.6 Å². The van der Waals surface area contributed by atoms with Crippen molar-refractivity contribution in [1.82, 2.24) is 19.9 Å². The fraction of sp³-hybridized carbons (Fsp3) is 0.561. The van der Waals surface area contributed by atoms with E-state index < -0.39 is 0 Å². The minimum Gasteiger partial charge on any atom is -0.396 e. The lowest BCUT2D eigenvalue weighted by molar-refractivity contribution is 0.103. The van der Waals surface area contributed by atoms with E-state index >= 15 is 0 Å². The van der Waals surface area contributed by atoms with Gasteiger partial charge in [0.2, 0.25) is 11.6 Å². The lowest BCUT2D eigenvalue weighted by Gasteiger charge is -2.15. The highest BCUT2D eigenvalue weighted by Gasteiger charge is 2.33. The number of rotatable bonds is 12. The molecule has 0 unspecified atom stereocenters. The minimum atomic E-state index is -0.0858. The SMILES string of the molecule is C1CCOC1.CC[C@H]1C[C@@H](Nc2ncncc2C(=O)c2cc(CCl)c(C)s2)C[C@@H]1C.Cc1sc(C(=O)c2cncnc2N[C@@H]2C[C@H](CO)[C@@H](C)C2)cc1CCl. The molecule has 10 nitrogen and oxygen atoms in total. The number of nitrogens with one attached hydrogen (secondary N) is 2. The zero-order valence-electron chi connectivity index (χ0n) is 32.4. The molecule has 1 saturated heterocycles. The van der Waals surface area contributed by atoms with Crippen molar-refractivity contribution >= 4 is 69.1 Å². The van der Waals surface area contributed by atoms with Gasteiger partial charge in [0.15, 0.2) is 0 Å². The van der Waals surface area contributed by atoms with Gasteiger partial charge in [0.25, 0.3) is 0 Å². The van der Waals surface area contributed by atoms with Crippen LogP contribution in [0, 0.1) is 37.5 Å². The zero-order chi connectivity index (χ0) is 39.5. The summed E-state index contributed by atoms with van der Waals surface area (Å²) in [5, 5.41) is 16.3. The van der Waals surface area contributed by atoms with Gasteiger partial charge in [0, 0.05) is 65.8 Å². The van der Waals surface area contributed by atoms with Crippen LogP contribution in [0.2, 0.25) is 0 Å². The Morgan fingerprint density at radius 2 is 1.24 bits per heavy atom. The molecule has 0 aromatic carbocycles. The van der Waals surface area contributed by atoms with Crippen LogP contribution in [0.5, 0.6) is 0 Å². The Morgan fingerprint density at radius 3 is 1.58 bits per heavy atom. The van der Waals surface area contributed by atoms with E-state index in [1.54, 1.807) is 12.4 Å². The van der Waals surface area contributed by atoms with Gasteiger partial charge in [0.1, 0.15) is 24.3 Å². The Hall–Kier alpha value is -3.00. The largest absolute Gasteiger partial charge is 0.396 e. The Kier molecular flexibility index (Phi) is 16.4. The Labute approximate surface area is 343 Å². The van der Waals surface area contributed by atoms with E-state index in [9.17, 15) is 14.7 Å². The number of hydrogen-bond acceptors (Lipinski definition) is 12. The highest BCUT2D eigenvalue weighted by Crippen LogP contribution is 2.37. The van der Waals surface area contributed by atoms with Gasteiger partial charge in [-0.2, -0.15) is 0 Å². The van der Waals surface area contributed by atoms with Gasteiger partial charge in [0.05, 0.1) is 20.9 Å². The van der Waals surface area contributed by atoms with Gasteiger partial charge in [-0.05, 0) is 99.3 Å². The number of aromatic nitrogens is 4. The van der Waals surface area contributed by atoms with E-state index in [-0.39, 0.29) is 24.2 Å². The normalized spacial score (nSPS) is 23.1. The maximum Gasteiger partial charge on any atom is 0.208 e. The second-order valence-corrected chi connectivity index (χ2v) is 17.9. The molecule has 2 aliphatic carbocycles. The number of aliphatic hydroxyl groups is 1. The highest BCUT2D eigenvalue weighted by atomic mass is 35.5. The van der Waals surface area contributed by atoms with Gasteiger partial charge in [-0.15, -0.1) is 45.9 Å². The first-order valence-corrected chi connectivity index (χ1v) is 22.0. The number of carbonyl (C=O) groups is 2. The standard InChI is InChI=1S/C19H24ClN3OS.C18H22ClN3O2S.C4H8O/c1-4-13-6-15(5-11(13)2)23-19-16(9-21-10-22-19)18(24)17-7-14(8-20)12(3)25-17;1-10-3-14(4-13(10)8-23)22-18-15(7-20-9-21-18)17(24)16-5-12(6-19)11(2)25-16;1-2-4-5-3-1/h7,9-11,13,15H,4-6,8H2,1-3H3,(H,21,22,23);5,7,9-10,13-14,23H,3-4,6,8H2,1-2H3,(H,20,21,22);1-4H2/t11-,13-,15-;10-,13+,14-;/m00./s1. The molecule has 7 rings (SSSR count). The van der Waals surface area contributed by atoms with E-state index in [2.05, 4.69) is 51.3 Å². The fourth-order valence-electron chi connectivity index (χ4n) is 7.64. The molecule has 0 spiro atoms. The summed E-state index contributed by atoms with van der Waals surface area (Å²) in [5.74, 6) is 4.10. The Morgan fingerprint density at radius 1 is 0.782 bits per heavy atom. The van der Waals surface area contributed by atoms with Crippen molar-refractivity contribution < 1.29 is 19.4 Å². The second-order valence-electron chi connectivity index (χ2n) is 14.9. The third kappa shape index (κ3) is 11.3. The molecule has 0 bridgehead atoms. The summed E-state index contributed by atoms with van der Waals surface area (Å²) in [7, 11) is 0. The number of carbonyl (C=O) groups excluding carboxylic acids is 2. The molecular formula is C41H54Cl2N6O4S2. The monoisotopic (exact) mass is 828 g/mol. The van der Waals surface area contributed by atoms with Crippen molar-refractivity contribution in [2.75, 3.05) is 30.5 Å². The van der Waals surface area contributed by atoms with Crippen molar-refractivity contribution in [1.29, 1.82) is 0 Å². The summed E-state index contributed by atoms with van der Waals surface area (Å²) in [4.78, 5) is 46.1. The molecular weight excluding hydrogens is 776 g/mol. The molecule has 5 heterocycles. The molecule has 3 N–H and O–H groups in total. The predicted molar refractivity (Wildman–Crippen MR) is 224 cm³/mol. The van der Waals surface area contributed by atoms with E-state index in [0.29, 0.717) is 68.1 Å². The third-order valence-corrected chi connectivity index (χ3v) is 13.8. The number of thiophene rings is 2. The van der Waals surface area contributed by atoms with Gasteiger partial charge < -0.3 is 20.5 Å². The van der Waals surface area contributed by atoms with E-state index in [4.69, 9.17) is 27.9 Å². The van der Waals surface area contributed by atoms with Crippen molar-refractivity contribution in [3.05, 3.63) is 78.9 Å². The molecule has 6 atom stereocenters. The molecule has 55 heavy (non-hydrogen) atoms. The summed E-state index contributed by atoms with van der Waals surface area (Å²) < 4.78 is 4.94. The van der Waals surface area contributed by atoms with Gasteiger partial charge >= 0.3 is 0 Å². The van der Waals surface area contributed by atoms with Crippen molar-refractivity contribution in [3.63, 3.8) is 0 Å². The van der Waals surface area contributed by atoms with Crippen molar-refractivity contribution in [2.45, 2.75) is 103 Å². The number of ether oxygens (including phenoxy) is 1. The van der Waals surface area contributed by atoms with E-state index in [1.807, 2.05) is 26.0 Å². The maximum atomic E-state index is 13.0. The quantitative estimate of drug-likeness (QED) is 0.0935. The first-order valence-electron chi connectivity index (χ1n) is 19.3. The third-order valence-electron chi connectivity index (χ3n) is 11.1. The van der Waals surface area contributed by atoms with Gasteiger partial charge in [-0.3, -0.25) is 9.59 Å². The smallest absolute Gasteiger partial charge is 0.208 e. The first kappa shape index (κ1) is 43.1.